The van der Waals surface area contributed by atoms with Crippen molar-refractivity contribution in [2.24, 2.45) is 10.9 Å². The van der Waals surface area contributed by atoms with Crippen LogP contribution in [0.1, 0.15) is 45.7 Å². The lowest BCUT2D eigenvalue weighted by Crippen LogP contribution is -2.48. The minimum absolute atomic E-state index is 0.0635. The molecule has 0 N–H and O–H groups in total. The molecule has 1 unspecified atom stereocenters. The molecule has 2 rings (SSSR count). The zero-order chi connectivity index (χ0) is 19.3. The van der Waals surface area contributed by atoms with Gasteiger partial charge in [-0.3, -0.25) is 9.79 Å². The Hall–Kier alpha value is -2.37. The molecular formula is C20H28N2O4. The standard InChI is InChI=1S/C20H28N2O4/c1-14(15-9-7-6-8-10-15)21-17-11-12-22(13-16(17)18(23)25-5)19(24)26-20(2,3)4/h6-10,14,16H,11-13H2,1-5H3/b21-17+/t14-,16?/m1/s1. The first-order chi connectivity index (χ1) is 12.2. The van der Waals surface area contributed by atoms with Gasteiger partial charge in [-0.05, 0) is 33.3 Å². The molecule has 6 heteroatoms. The van der Waals surface area contributed by atoms with Gasteiger partial charge in [0.25, 0.3) is 0 Å². The van der Waals surface area contributed by atoms with Gasteiger partial charge in [-0.2, -0.15) is 0 Å². The van der Waals surface area contributed by atoms with Crippen molar-refractivity contribution in [2.75, 3.05) is 20.2 Å². The molecule has 1 aromatic carbocycles. The number of carbonyl (C=O) groups is 2. The van der Waals surface area contributed by atoms with E-state index >= 15 is 0 Å². The average Bonchev–Trinajstić information content (AvgIpc) is 2.60. The summed E-state index contributed by atoms with van der Waals surface area (Å²) in [6, 6.07) is 9.85. The molecule has 1 aliphatic rings. The molecule has 26 heavy (non-hydrogen) atoms. The highest BCUT2D eigenvalue weighted by atomic mass is 16.6. The lowest BCUT2D eigenvalue weighted by molar-refractivity contribution is -0.143. The molecule has 1 amide bonds. The van der Waals surface area contributed by atoms with E-state index in [1.54, 1.807) is 4.90 Å². The summed E-state index contributed by atoms with van der Waals surface area (Å²) in [7, 11) is 1.35. The Bertz CT molecular complexity index is 664. The van der Waals surface area contributed by atoms with Crippen LogP contribution in [0.15, 0.2) is 35.3 Å². The van der Waals surface area contributed by atoms with E-state index in [4.69, 9.17) is 14.5 Å². The van der Waals surface area contributed by atoms with Gasteiger partial charge in [0.2, 0.25) is 0 Å². The minimum atomic E-state index is -0.575. The van der Waals surface area contributed by atoms with E-state index in [1.165, 1.54) is 7.11 Å². The summed E-state index contributed by atoms with van der Waals surface area (Å²) in [6.45, 7) is 8.16. The summed E-state index contributed by atoms with van der Waals surface area (Å²) in [5, 5.41) is 0. The summed E-state index contributed by atoms with van der Waals surface area (Å²) >= 11 is 0. The van der Waals surface area contributed by atoms with E-state index in [9.17, 15) is 9.59 Å². The Morgan fingerprint density at radius 1 is 1.23 bits per heavy atom. The van der Waals surface area contributed by atoms with Gasteiger partial charge < -0.3 is 14.4 Å². The van der Waals surface area contributed by atoms with Crippen LogP contribution in [0.3, 0.4) is 0 Å². The average molecular weight is 360 g/mol. The molecule has 0 spiro atoms. The summed E-state index contributed by atoms with van der Waals surface area (Å²) in [5.41, 5.74) is 1.28. The van der Waals surface area contributed by atoms with Crippen molar-refractivity contribution >= 4 is 17.8 Å². The maximum absolute atomic E-state index is 12.3. The van der Waals surface area contributed by atoms with Crippen LogP contribution in [0.25, 0.3) is 0 Å². The Morgan fingerprint density at radius 3 is 2.46 bits per heavy atom. The fourth-order valence-electron chi connectivity index (χ4n) is 2.90. The van der Waals surface area contributed by atoms with E-state index in [2.05, 4.69) is 0 Å². The number of piperidine rings is 1. The van der Waals surface area contributed by atoms with Gasteiger partial charge in [0.15, 0.2) is 0 Å². The quantitative estimate of drug-likeness (QED) is 0.772. The summed E-state index contributed by atoms with van der Waals surface area (Å²) in [5.74, 6) is -0.940. The van der Waals surface area contributed by atoms with Gasteiger partial charge in [-0.25, -0.2) is 4.79 Å². The van der Waals surface area contributed by atoms with Crippen LogP contribution in [-0.4, -0.2) is 48.5 Å². The van der Waals surface area contributed by atoms with Gasteiger partial charge in [0.1, 0.15) is 11.5 Å². The lowest BCUT2D eigenvalue weighted by atomic mass is 9.95. The maximum Gasteiger partial charge on any atom is 0.410 e. The Morgan fingerprint density at radius 2 is 1.88 bits per heavy atom. The first-order valence-electron chi connectivity index (χ1n) is 8.88. The Kier molecular flexibility index (Phi) is 6.40. The zero-order valence-corrected chi connectivity index (χ0v) is 16.2. The van der Waals surface area contributed by atoms with Crippen LogP contribution in [-0.2, 0) is 14.3 Å². The van der Waals surface area contributed by atoms with Gasteiger partial charge in [-0.1, -0.05) is 30.3 Å². The third kappa shape index (κ3) is 5.31. The second-order valence-corrected chi connectivity index (χ2v) is 7.46. The smallest absolute Gasteiger partial charge is 0.410 e. The number of esters is 1. The number of nitrogens with zero attached hydrogens (tertiary/aromatic N) is 2. The number of carbonyl (C=O) groups excluding carboxylic acids is 2. The fourth-order valence-corrected chi connectivity index (χ4v) is 2.90. The fraction of sp³-hybridized carbons (Fsp3) is 0.550. The topological polar surface area (TPSA) is 68.2 Å². The first-order valence-corrected chi connectivity index (χ1v) is 8.88. The SMILES string of the molecule is COC(=O)C1CN(C(=O)OC(C)(C)C)CC/C1=N\[C@H](C)c1ccccc1. The molecule has 0 bridgehead atoms. The molecule has 142 valence electrons. The Balaban J connectivity index is 2.17. The molecule has 2 atom stereocenters. The summed E-state index contributed by atoms with van der Waals surface area (Å²) in [4.78, 5) is 30.9. The molecule has 0 saturated carbocycles. The van der Waals surface area contributed by atoms with Crippen molar-refractivity contribution in [3.05, 3.63) is 35.9 Å². The molecule has 0 aliphatic carbocycles. The van der Waals surface area contributed by atoms with E-state index in [0.717, 1.165) is 11.3 Å². The number of rotatable bonds is 3. The van der Waals surface area contributed by atoms with Crippen molar-refractivity contribution in [1.29, 1.82) is 0 Å². The molecule has 1 aliphatic heterocycles. The lowest BCUT2D eigenvalue weighted by Gasteiger charge is -2.34. The number of amides is 1. The molecule has 1 heterocycles. The predicted molar refractivity (Wildman–Crippen MR) is 100 cm³/mol. The molecule has 6 nitrogen and oxygen atoms in total. The van der Waals surface area contributed by atoms with Gasteiger partial charge in [0, 0.05) is 25.2 Å². The number of benzene rings is 1. The Labute approximate surface area is 155 Å². The molecule has 1 saturated heterocycles. The number of hydrogen-bond acceptors (Lipinski definition) is 5. The van der Waals surface area contributed by atoms with Gasteiger partial charge in [-0.15, -0.1) is 0 Å². The van der Waals surface area contributed by atoms with Crippen LogP contribution in [0.5, 0.6) is 0 Å². The number of hydrogen-bond donors (Lipinski definition) is 0. The highest BCUT2D eigenvalue weighted by molar-refractivity contribution is 6.03. The number of ether oxygens (including phenoxy) is 2. The third-order valence-electron chi connectivity index (χ3n) is 4.22. The van der Waals surface area contributed by atoms with Crippen LogP contribution in [0.4, 0.5) is 4.79 Å². The summed E-state index contributed by atoms with van der Waals surface area (Å²) in [6.07, 6.45) is 0.109. The second-order valence-electron chi connectivity index (χ2n) is 7.46. The number of methoxy groups -OCH3 is 1. The number of aliphatic imine (C=N–C) groups is 1. The van der Waals surface area contributed by atoms with Crippen LogP contribution < -0.4 is 0 Å². The van der Waals surface area contributed by atoms with Gasteiger partial charge in [0.05, 0.1) is 13.2 Å². The normalized spacial score (nSPS) is 20.6. The van der Waals surface area contributed by atoms with E-state index in [1.807, 2.05) is 58.0 Å². The van der Waals surface area contributed by atoms with Crippen LogP contribution >= 0.6 is 0 Å². The van der Waals surface area contributed by atoms with Crippen LogP contribution in [0.2, 0.25) is 0 Å². The monoisotopic (exact) mass is 360 g/mol. The zero-order valence-electron chi connectivity index (χ0n) is 16.2. The molecule has 0 aromatic heterocycles. The highest BCUT2D eigenvalue weighted by Gasteiger charge is 2.36. The van der Waals surface area contributed by atoms with Crippen molar-refractivity contribution in [2.45, 2.75) is 45.8 Å². The molecule has 1 aromatic rings. The van der Waals surface area contributed by atoms with E-state index < -0.39 is 17.6 Å². The maximum atomic E-state index is 12.3. The minimum Gasteiger partial charge on any atom is -0.468 e. The summed E-state index contributed by atoms with van der Waals surface area (Å²) < 4.78 is 10.4. The van der Waals surface area contributed by atoms with Crippen molar-refractivity contribution < 1.29 is 19.1 Å². The van der Waals surface area contributed by atoms with E-state index in [-0.39, 0.29) is 18.6 Å². The largest absolute Gasteiger partial charge is 0.468 e. The molecular weight excluding hydrogens is 332 g/mol. The second kappa shape index (κ2) is 8.34. The van der Waals surface area contributed by atoms with Crippen LogP contribution in [0, 0.1) is 5.92 Å². The van der Waals surface area contributed by atoms with Crippen molar-refractivity contribution in [3.8, 4) is 0 Å². The first kappa shape index (κ1) is 19.9. The van der Waals surface area contributed by atoms with Crippen molar-refractivity contribution in [3.63, 3.8) is 0 Å². The third-order valence-corrected chi connectivity index (χ3v) is 4.22. The van der Waals surface area contributed by atoms with E-state index in [0.29, 0.717) is 13.0 Å². The molecule has 0 radical (unpaired) electrons. The molecule has 1 fully saturated rings. The predicted octanol–water partition coefficient (Wildman–Crippen LogP) is 3.62. The van der Waals surface area contributed by atoms with Gasteiger partial charge >= 0.3 is 12.1 Å². The van der Waals surface area contributed by atoms with Crippen molar-refractivity contribution in [1.82, 2.24) is 4.90 Å². The number of likely N-dealkylation sites (tertiary alicyclic amines) is 1. The highest BCUT2D eigenvalue weighted by Crippen LogP contribution is 2.23.